The average Bonchev–Trinajstić information content (AvgIpc) is 2.93. The van der Waals surface area contributed by atoms with Gasteiger partial charge in [0.1, 0.15) is 5.76 Å². The van der Waals surface area contributed by atoms with Crippen molar-refractivity contribution in [2.45, 2.75) is 26.7 Å². The number of hydrogen-bond acceptors (Lipinski definition) is 3. The van der Waals surface area contributed by atoms with E-state index in [1.165, 1.54) is 0 Å². The van der Waals surface area contributed by atoms with Crippen molar-refractivity contribution in [1.29, 1.82) is 0 Å². The molecule has 0 spiro atoms. The maximum absolute atomic E-state index is 5.53. The zero-order valence-electron chi connectivity index (χ0n) is 13.2. The van der Waals surface area contributed by atoms with Crippen LogP contribution < -0.4 is 10.6 Å². The molecule has 1 heterocycles. The fourth-order valence-corrected chi connectivity index (χ4v) is 1.68. The lowest BCUT2D eigenvalue weighted by Gasteiger charge is -2.11. The van der Waals surface area contributed by atoms with Gasteiger partial charge in [0.2, 0.25) is 0 Å². The van der Waals surface area contributed by atoms with Crippen molar-refractivity contribution in [2.75, 3.05) is 33.4 Å². The Morgan fingerprint density at radius 1 is 1.33 bits per heavy atom. The minimum Gasteiger partial charge on any atom is -0.469 e. The first-order chi connectivity index (χ1) is 9.72. The molecule has 1 rings (SSSR count). The lowest BCUT2D eigenvalue weighted by atomic mass is 10.2. The molecule has 5 nitrogen and oxygen atoms in total. The molecule has 0 fully saturated rings. The molecule has 0 atom stereocenters. The van der Waals surface area contributed by atoms with E-state index in [0.717, 1.165) is 50.9 Å². The molecule has 0 aromatic carbocycles. The van der Waals surface area contributed by atoms with Crippen LogP contribution in [0.25, 0.3) is 0 Å². The Morgan fingerprint density at radius 2 is 2.10 bits per heavy atom. The van der Waals surface area contributed by atoms with Crippen molar-refractivity contribution >= 4 is 29.9 Å². The molecule has 1 aromatic heterocycles. The number of furan rings is 1. The summed E-state index contributed by atoms with van der Waals surface area (Å²) < 4.78 is 10.8. The van der Waals surface area contributed by atoms with Crippen molar-refractivity contribution in [2.24, 2.45) is 10.9 Å². The highest BCUT2D eigenvalue weighted by Crippen LogP contribution is 1.99. The first kappa shape index (κ1) is 20.2. The van der Waals surface area contributed by atoms with Crippen molar-refractivity contribution in [1.82, 2.24) is 10.6 Å². The third-order valence-electron chi connectivity index (χ3n) is 2.68. The van der Waals surface area contributed by atoms with Crippen LogP contribution in [0.1, 0.15) is 26.0 Å². The number of halogens is 1. The van der Waals surface area contributed by atoms with Crippen molar-refractivity contribution < 1.29 is 9.15 Å². The van der Waals surface area contributed by atoms with E-state index in [1.54, 1.807) is 13.3 Å². The summed E-state index contributed by atoms with van der Waals surface area (Å²) in [5.41, 5.74) is 0. The van der Waals surface area contributed by atoms with Crippen LogP contribution in [-0.2, 0) is 11.2 Å². The van der Waals surface area contributed by atoms with Gasteiger partial charge in [0.05, 0.1) is 6.26 Å². The molecular formula is C15H28IN3O2. The number of rotatable bonds is 9. The number of ether oxygens (including phenoxy) is 1. The monoisotopic (exact) mass is 409 g/mol. The van der Waals surface area contributed by atoms with E-state index >= 15 is 0 Å². The second kappa shape index (κ2) is 12.9. The molecule has 0 aliphatic heterocycles. The Morgan fingerprint density at radius 3 is 2.71 bits per heavy atom. The zero-order chi connectivity index (χ0) is 14.6. The van der Waals surface area contributed by atoms with Gasteiger partial charge in [0.25, 0.3) is 0 Å². The second-order valence-corrected chi connectivity index (χ2v) is 5.08. The molecule has 0 radical (unpaired) electrons. The molecular weight excluding hydrogens is 381 g/mol. The Bertz CT molecular complexity index is 367. The first-order valence-corrected chi connectivity index (χ1v) is 7.27. The van der Waals surface area contributed by atoms with Gasteiger partial charge in [0, 0.05) is 39.8 Å². The van der Waals surface area contributed by atoms with Gasteiger partial charge in [-0.3, -0.25) is 4.99 Å². The highest BCUT2D eigenvalue weighted by atomic mass is 127. The fourth-order valence-electron chi connectivity index (χ4n) is 1.68. The molecule has 1 aromatic rings. The van der Waals surface area contributed by atoms with Crippen LogP contribution in [-0.4, -0.2) is 39.3 Å². The molecule has 6 heteroatoms. The zero-order valence-corrected chi connectivity index (χ0v) is 15.6. The minimum absolute atomic E-state index is 0. The summed E-state index contributed by atoms with van der Waals surface area (Å²) in [6.45, 7) is 7.59. The average molecular weight is 409 g/mol. The largest absolute Gasteiger partial charge is 0.469 e. The Labute approximate surface area is 144 Å². The Kier molecular flexibility index (Phi) is 12.5. The van der Waals surface area contributed by atoms with Crippen molar-refractivity contribution in [3.8, 4) is 0 Å². The quantitative estimate of drug-likeness (QED) is 0.285. The molecule has 21 heavy (non-hydrogen) atoms. The highest BCUT2D eigenvalue weighted by molar-refractivity contribution is 14.0. The van der Waals surface area contributed by atoms with Gasteiger partial charge in [-0.25, -0.2) is 0 Å². The molecule has 0 saturated carbocycles. The van der Waals surface area contributed by atoms with Crippen LogP contribution in [0.15, 0.2) is 27.8 Å². The normalized spacial score (nSPS) is 11.3. The summed E-state index contributed by atoms with van der Waals surface area (Å²) >= 11 is 0. The van der Waals surface area contributed by atoms with Crippen LogP contribution in [0.5, 0.6) is 0 Å². The van der Waals surface area contributed by atoms with Gasteiger partial charge in [-0.05, 0) is 24.5 Å². The fraction of sp³-hybridized carbons (Fsp3) is 0.667. The third-order valence-corrected chi connectivity index (χ3v) is 2.68. The molecule has 0 amide bonds. The lowest BCUT2D eigenvalue weighted by molar-refractivity contribution is 0.108. The number of nitrogens with one attached hydrogen (secondary N) is 2. The van der Waals surface area contributed by atoms with Gasteiger partial charge >= 0.3 is 0 Å². The van der Waals surface area contributed by atoms with Crippen LogP contribution in [0, 0.1) is 5.92 Å². The maximum Gasteiger partial charge on any atom is 0.190 e. The maximum atomic E-state index is 5.53. The van der Waals surface area contributed by atoms with E-state index in [0.29, 0.717) is 5.92 Å². The smallest absolute Gasteiger partial charge is 0.190 e. The molecule has 122 valence electrons. The second-order valence-electron chi connectivity index (χ2n) is 5.08. The van der Waals surface area contributed by atoms with E-state index in [9.17, 15) is 0 Å². The van der Waals surface area contributed by atoms with E-state index in [2.05, 4.69) is 29.5 Å². The van der Waals surface area contributed by atoms with Gasteiger partial charge < -0.3 is 19.8 Å². The molecule has 0 bridgehead atoms. The first-order valence-electron chi connectivity index (χ1n) is 7.27. The Balaban J connectivity index is 0.00000400. The number of hydrogen-bond donors (Lipinski definition) is 2. The van der Waals surface area contributed by atoms with E-state index in [-0.39, 0.29) is 24.0 Å². The highest BCUT2D eigenvalue weighted by Gasteiger charge is 1.99. The van der Waals surface area contributed by atoms with E-state index in [1.807, 2.05) is 12.1 Å². The predicted octanol–water partition coefficient (Wildman–Crippen LogP) is 2.67. The summed E-state index contributed by atoms with van der Waals surface area (Å²) in [4.78, 5) is 4.18. The summed E-state index contributed by atoms with van der Waals surface area (Å²) in [7, 11) is 1.78. The topological polar surface area (TPSA) is 58.8 Å². The van der Waals surface area contributed by atoms with Gasteiger partial charge in [0.15, 0.2) is 5.96 Å². The molecule has 0 aliphatic rings. The summed E-state index contributed by atoms with van der Waals surface area (Å²) in [5, 5.41) is 6.52. The third kappa shape index (κ3) is 10.6. The molecule has 0 saturated heterocycles. The van der Waals surface area contributed by atoms with E-state index in [4.69, 9.17) is 9.15 Å². The minimum atomic E-state index is 0. The van der Waals surface area contributed by atoms with Crippen LogP contribution in [0.4, 0.5) is 0 Å². The van der Waals surface area contributed by atoms with Gasteiger partial charge in [-0.15, -0.1) is 24.0 Å². The van der Waals surface area contributed by atoms with Gasteiger partial charge in [-0.2, -0.15) is 0 Å². The van der Waals surface area contributed by atoms with Crippen molar-refractivity contribution in [3.05, 3.63) is 24.2 Å². The predicted molar refractivity (Wildman–Crippen MR) is 97.5 cm³/mol. The summed E-state index contributed by atoms with van der Waals surface area (Å²) in [6, 6.07) is 3.88. The molecule has 2 N–H and O–H groups in total. The van der Waals surface area contributed by atoms with Crippen molar-refractivity contribution in [3.63, 3.8) is 0 Å². The standard InChI is InChI=1S/C15H27N3O2.HI/c1-13(2)12-19-10-5-8-17-15(16-3)18-9-7-14-6-4-11-20-14;/h4,6,11,13H,5,7-10,12H2,1-3H3,(H2,16,17,18);1H. The molecule has 0 unspecified atom stereocenters. The number of aliphatic imine (C=N–C) groups is 1. The SMILES string of the molecule is CN=C(NCCCOCC(C)C)NCCc1ccco1.I. The lowest BCUT2D eigenvalue weighted by Crippen LogP contribution is -2.39. The van der Waals surface area contributed by atoms with Crippen LogP contribution in [0.3, 0.4) is 0 Å². The number of nitrogens with zero attached hydrogens (tertiary/aromatic N) is 1. The number of guanidine groups is 1. The van der Waals surface area contributed by atoms with Gasteiger partial charge in [-0.1, -0.05) is 13.8 Å². The Hall–Kier alpha value is -0.760. The van der Waals surface area contributed by atoms with E-state index < -0.39 is 0 Å². The van der Waals surface area contributed by atoms with Crippen LogP contribution in [0.2, 0.25) is 0 Å². The molecule has 0 aliphatic carbocycles. The van der Waals surface area contributed by atoms with Crippen LogP contribution >= 0.6 is 24.0 Å². The summed E-state index contributed by atoms with van der Waals surface area (Å²) in [5.74, 6) is 2.40. The summed E-state index contributed by atoms with van der Waals surface area (Å²) in [6.07, 6.45) is 3.52.